The summed E-state index contributed by atoms with van der Waals surface area (Å²) in [6.45, 7) is 1.44. The van der Waals surface area contributed by atoms with Crippen molar-refractivity contribution in [2.24, 2.45) is 0 Å². The van der Waals surface area contributed by atoms with E-state index in [1.807, 2.05) is 0 Å². The lowest BCUT2D eigenvalue weighted by atomic mass is 10.2. The molecule has 0 aliphatic rings. The molecular weight excluding hydrogens is 383 g/mol. The zero-order valence-corrected chi connectivity index (χ0v) is 14.0. The van der Waals surface area contributed by atoms with Gasteiger partial charge in [-0.2, -0.15) is 0 Å². The van der Waals surface area contributed by atoms with Crippen LogP contribution in [0, 0.1) is 12.7 Å². The van der Waals surface area contributed by atoms with Crippen LogP contribution >= 0.6 is 27.5 Å². The van der Waals surface area contributed by atoms with Crippen molar-refractivity contribution >= 4 is 48.9 Å². The van der Waals surface area contributed by atoms with Crippen molar-refractivity contribution in [2.45, 2.75) is 11.8 Å². The molecule has 0 fully saturated rings. The smallest absolute Gasteiger partial charge is 0.264 e. The van der Waals surface area contributed by atoms with Crippen LogP contribution in [0.4, 0.5) is 15.8 Å². The van der Waals surface area contributed by atoms with Crippen molar-refractivity contribution in [3.05, 3.63) is 51.2 Å². The van der Waals surface area contributed by atoms with Crippen molar-refractivity contribution < 1.29 is 12.8 Å². The van der Waals surface area contributed by atoms with Crippen LogP contribution < -0.4 is 10.5 Å². The lowest BCUT2D eigenvalue weighted by Gasteiger charge is -2.12. The largest absolute Gasteiger partial charge is 0.399 e. The van der Waals surface area contributed by atoms with Crippen LogP contribution in [-0.2, 0) is 10.0 Å². The number of hydrogen-bond acceptors (Lipinski definition) is 3. The molecule has 2 aromatic rings. The van der Waals surface area contributed by atoms with E-state index < -0.39 is 20.7 Å². The number of hydrogen-bond donors (Lipinski definition) is 2. The Bertz CT molecular complexity index is 812. The van der Waals surface area contributed by atoms with Gasteiger partial charge in [0.25, 0.3) is 10.0 Å². The quantitative estimate of drug-likeness (QED) is 0.776. The molecule has 0 saturated carbocycles. The first-order valence-corrected chi connectivity index (χ1v) is 8.39. The van der Waals surface area contributed by atoms with Gasteiger partial charge in [0.05, 0.1) is 10.7 Å². The van der Waals surface area contributed by atoms with E-state index in [-0.39, 0.29) is 22.0 Å². The van der Waals surface area contributed by atoms with Gasteiger partial charge in [-0.25, -0.2) is 12.8 Å². The van der Waals surface area contributed by atoms with E-state index in [9.17, 15) is 12.8 Å². The van der Waals surface area contributed by atoms with Crippen molar-refractivity contribution in [3.8, 4) is 0 Å². The number of anilines is 2. The number of nitrogens with two attached hydrogens (primary N) is 1. The lowest BCUT2D eigenvalue weighted by Crippen LogP contribution is -2.16. The van der Waals surface area contributed by atoms with Crippen molar-refractivity contribution in [1.82, 2.24) is 0 Å². The Kier molecular flexibility index (Phi) is 4.46. The molecule has 0 aromatic heterocycles. The second kappa shape index (κ2) is 5.82. The summed E-state index contributed by atoms with van der Waals surface area (Å²) in [5.41, 5.74) is 6.04. The summed E-state index contributed by atoms with van der Waals surface area (Å²) < 4.78 is 41.5. The van der Waals surface area contributed by atoms with Gasteiger partial charge in [0.2, 0.25) is 0 Å². The molecule has 4 nitrogen and oxygen atoms in total. The zero-order chi connectivity index (χ0) is 15.8. The molecular formula is C13H11BrClFN2O2S. The maximum Gasteiger partial charge on any atom is 0.264 e. The highest BCUT2D eigenvalue weighted by Crippen LogP contribution is 2.29. The Morgan fingerprint density at radius 3 is 2.57 bits per heavy atom. The minimum absolute atomic E-state index is 0.150. The highest BCUT2D eigenvalue weighted by atomic mass is 79.9. The van der Waals surface area contributed by atoms with Crippen LogP contribution in [0.5, 0.6) is 0 Å². The summed E-state index contributed by atoms with van der Waals surface area (Å²) in [5.74, 6) is -0.843. The van der Waals surface area contributed by atoms with E-state index in [4.69, 9.17) is 17.3 Å². The summed E-state index contributed by atoms with van der Waals surface area (Å²) in [7, 11) is -4.13. The molecule has 0 atom stereocenters. The number of rotatable bonds is 3. The van der Waals surface area contributed by atoms with E-state index in [0.29, 0.717) is 4.47 Å². The maximum atomic E-state index is 14.0. The summed E-state index contributed by atoms with van der Waals surface area (Å²) in [6.07, 6.45) is 0. The Morgan fingerprint density at radius 1 is 1.29 bits per heavy atom. The molecule has 0 saturated heterocycles. The lowest BCUT2D eigenvalue weighted by molar-refractivity contribution is 0.565. The summed E-state index contributed by atoms with van der Waals surface area (Å²) in [4.78, 5) is -0.515. The highest BCUT2D eigenvalue weighted by molar-refractivity contribution is 9.10. The van der Waals surface area contributed by atoms with E-state index in [1.165, 1.54) is 25.1 Å². The molecule has 0 amide bonds. The SMILES string of the molecule is Cc1cc(N)cc(S(=O)(=O)Nc2ccc(Br)cc2Cl)c1F. The number of benzene rings is 2. The molecule has 2 aromatic carbocycles. The molecule has 0 spiro atoms. The third-order valence-corrected chi connectivity index (χ3v) is 4.88. The topological polar surface area (TPSA) is 72.2 Å². The molecule has 0 bridgehead atoms. The van der Waals surface area contributed by atoms with E-state index in [0.717, 1.165) is 6.07 Å². The molecule has 0 aliphatic heterocycles. The summed E-state index contributed by atoms with van der Waals surface area (Å²) >= 11 is 9.16. The van der Waals surface area contributed by atoms with E-state index in [2.05, 4.69) is 20.7 Å². The molecule has 0 radical (unpaired) electrons. The van der Waals surface area contributed by atoms with Crippen LogP contribution in [0.2, 0.25) is 5.02 Å². The van der Waals surface area contributed by atoms with Crippen molar-refractivity contribution in [3.63, 3.8) is 0 Å². The van der Waals surface area contributed by atoms with Gasteiger partial charge >= 0.3 is 0 Å². The highest BCUT2D eigenvalue weighted by Gasteiger charge is 2.22. The third-order valence-electron chi connectivity index (χ3n) is 2.71. The van der Waals surface area contributed by atoms with E-state index >= 15 is 0 Å². The standard InChI is InChI=1S/C13H11BrClFN2O2S/c1-7-4-9(17)6-12(13(7)16)21(19,20)18-11-3-2-8(14)5-10(11)15/h2-6,18H,17H2,1H3. The molecule has 8 heteroatoms. The Hall–Kier alpha value is -1.31. The Morgan fingerprint density at radius 2 is 1.95 bits per heavy atom. The minimum atomic E-state index is -4.13. The number of nitrogens with one attached hydrogen (secondary N) is 1. The van der Waals surface area contributed by atoms with Crippen LogP contribution in [-0.4, -0.2) is 8.42 Å². The van der Waals surface area contributed by atoms with Gasteiger partial charge in [-0.3, -0.25) is 4.72 Å². The third kappa shape index (κ3) is 3.48. The van der Waals surface area contributed by atoms with E-state index in [1.54, 1.807) is 6.07 Å². The summed E-state index contributed by atoms with van der Waals surface area (Å²) in [5, 5.41) is 0.189. The number of nitrogen functional groups attached to an aromatic ring is 1. The fourth-order valence-electron chi connectivity index (χ4n) is 1.73. The monoisotopic (exact) mass is 392 g/mol. The normalized spacial score (nSPS) is 11.4. The van der Waals surface area contributed by atoms with Crippen LogP contribution in [0.1, 0.15) is 5.56 Å². The maximum absolute atomic E-state index is 14.0. The van der Waals surface area contributed by atoms with Crippen LogP contribution in [0.15, 0.2) is 39.7 Å². The molecule has 3 N–H and O–H groups in total. The number of aryl methyl sites for hydroxylation is 1. The van der Waals surface area contributed by atoms with Gasteiger partial charge in [0.1, 0.15) is 10.7 Å². The van der Waals surface area contributed by atoms with Gasteiger partial charge in [0.15, 0.2) is 0 Å². The molecule has 0 unspecified atom stereocenters. The number of sulfonamides is 1. The molecule has 2 rings (SSSR count). The second-order valence-electron chi connectivity index (χ2n) is 4.38. The molecule has 0 heterocycles. The van der Waals surface area contributed by atoms with Gasteiger partial charge in [-0.15, -0.1) is 0 Å². The number of halogens is 3. The Labute approximate surface area is 135 Å². The minimum Gasteiger partial charge on any atom is -0.399 e. The summed E-state index contributed by atoms with van der Waals surface area (Å²) in [6, 6.07) is 7.05. The first kappa shape index (κ1) is 16.1. The van der Waals surface area contributed by atoms with Crippen LogP contribution in [0.25, 0.3) is 0 Å². The first-order chi connectivity index (χ1) is 9.70. The van der Waals surface area contributed by atoms with Crippen LogP contribution in [0.3, 0.4) is 0 Å². The predicted octanol–water partition coefficient (Wildman–Crippen LogP) is 3.93. The fraction of sp³-hybridized carbons (Fsp3) is 0.0769. The van der Waals surface area contributed by atoms with Gasteiger partial charge < -0.3 is 5.73 Å². The molecule has 112 valence electrons. The molecule has 21 heavy (non-hydrogen) atoms. The molecule has 0 aliphatic carbocycles. The van der Waals surface area contributed by atoms with Gasteiger partial charge in [0, 0.05) is 10.2 Å². The van der Waals surface area contributed by atoms with Gasteiger partial charge in [-0.05, 0) is 42.8 Å². The Balaban J connectivity index is 2.48. The zero-order valence-electron chi connectivity index (χ0n) is 10.8. The second-order valence-corrected chi connectivity index (χ2v) is 7.35. The average Bonchev–Trinajstić information content (AvgIpc) is 2.37. The fourth-order valence-corrected chi connectivity index (χ4v) is 3.77. The first-order valence-electron chi connectivity index (χ1n) is 5.74. The van der Waals surface area contributed by atoms with Gasteiger partial charge in [-0.1, -0.05) is 27.5 Å². The average molecular weight is 394 g/mol. The predicted molar refractivity (Wildman–Crippen MR) is 85.5 cm³/mol. The van der Waals surface area contributed by atoms with Crippen molar-refractivity contribution in [2.75, 3.05) is 10.5 Å². The van der Waals surface area contributed by atoms with Crippen molar-refractivity contribution in [1.29, 1.82) is 0 Å².